The SMILES string of the molecule is CON1C(C)(C)CC(CCCN(CCCCCCN(CCCC2CC(C)(C)N(OC)C(C)(C)C2)c2nc(N(C)C3CC(C)(C)NC(C)(C)C3)nc(N(C)C3CC(C)(C)NC(C)(C)C3)n2)c2nc(N(C)C3CC(C)(C)NC(C)(C)C3)nc(N(C)C3CC(C)(C)NC(C)(C)C3)n2)CC1(C)C.CON1C(C)(C)CC(N(C)c2nc(N(C)C3CC(C)(C)NC(C)(C)C3)nc(N(C)C3CC(C)(C)N(C)C(C)(C)C3)n2)CC1(C)C. The molecule has 0 radical (unpaired) electrons. The lowest BCUT2D eigenvalue weighted by atomic mass is 9.73. The topological polar surface area (TPSA) is 246 Å². The molecule has 30 nitrogen and oxygen atoms in total. The van der Waals surface area contributed by atoms with E-state index in [-0.39, 0.29) is 130 Å². The molecule has 0 saturated carbocycles. The van der Waals surface area contributed by atoms with Crippen molar-refractivity contribution in [3.8, 4) is 0 Å². The molecule has 9 aliphatic heterocycles. The van der Waals surface area contributed by atoms with Crippen molar-refractivity contribution in [1.82, 2.24) is 91.5 Å². The Morgan fingerprint density at radius 2 is 0.371 bits per heavy atom. The highest BCUT2D eigenvalue weighted by Crippen LogP contribution is 2.49. The third kappa shape index (κ3) is 29.6. The lowest BCUT2D eigenvalue weighted by Crippen LogP contribution is -2.63. The Labute approximate surface area is 872 Å². The van der Waals surface area contributed by atoms with Gasteiger partial charge in [0.25, 0.3) is 0 Å². The number of hydroxylamine groups is 6. The van der Waals surface area contributed by atoms with Crippen molar-refractivity contribution in [3.63, 3.8) is 0 Å². The molecule has 820 valence electrons. The number of hydrogen-bond acceptors (Lipinski definition) is 30. The van der Waals surface area contributed by atoms with Gasteiger partial charge in [-0.3, -0.25) is 4.90 Å². The van der Waals surface area contributed by atoms with Crippen molar-refractivity contribution in [2.45, 2.75) is 558 Å². The molecule has 30 heteroatoms. The van der Waals surface area contributed by atoms with Crippen LogP contribution in [0.4, 0.5) is 53.5 Å². The Balaban J connectivity index is 0.000000360. The molecular weight excluding hydrogens is 1780 g/mol. The zero-order chi connectivity index (χ0) is 107. The van der Waals surface area contributed by atoms with Crippen molar-refractivity contribution >= 4 is 53.5 Å². The number of hydrogen-bond donors (Lipinski definition) is 5. The van der Waals surface area contributed by atoms with E-state index >= 15 is 0 Å². The second-order valence-corrected chi connectivity index (χ2v) is 58.6. The standard InChI is InChI=1S/C78H148N18O2.C35H67N9O/c1-67(2)47-57(48-68(3,4)85-67)89(25)61-79-62(90(26)58-49-69(5,6)86-70(7,8)50-58)82-65(81-61)93(41-35-37-55-43-75(17,18)95(97-29)76(19,20)44-55)39-33-31-32-34-40-94(42-36-38-56-45-77(21,22)96(98-30)78(23,24)46-56)66-83-63(91(27)59-51-71(9,10)87-72(11,12)52-59)80-64(84-66)92(28)60-53-73(13,14)88-74(15,16)54-60;1-30(2)18-24(19-31(3,4)39-30)40(13)27-36-28(41(14)25-20-32(5,6)43(16)33(7,8)21-25)38-29(37-27)42(15)26-22-34(9,10)44(45-17)35(11,12)23-26/h55-60,85-88H,31-54H2,1-30H3;24-26,39H,18-23H2,1-17H3. The second-order valence-electron chi connectivity index (χ2n) is 58.6. The van der Waals surface area contributed by atoms with E-state index in [4.69, 9.17) is 59.4 Å². The minimum Gasteiger partial charge on any atom is -0.341 e. The van der Waals surface area contributed by atoms with E-state index in [0.29, 0.717) is 23.9 Å². The first kappa shape index (κ1) is 118. The summed E-state index contributed by atoms with van der Waals surface area (Å²) < 4.78 is 0. The fraction of sp³-hybridized carbons (Fsp3) is 0.920. The van der Waals surface area contributed by atoms with E-state index in [0.717, 1.165) is 247 Å². The maximum atomic E-state index is 6.09. The van der Waals surface area contributed by atoms with Crippen LogP contribution >= 0.6 is 0 Å². The van der Waals surface area contributed by atoms with Crippen molar-refractivity contribution < 1.29 is 14.5 Å². The molecule has 0 bridgehead atoms. The van der Waals surface area contributed by atoms with Crippen LogP contribution in [0.3, 0.4) is 0 Å². The fourth-order valence-corrected chi connectivity index (χ4v) is 30.9. The third-order valence-electron chi connectivity index (χ3n) is 34.7. The summed E-state index contributed by atoms with van der Waals surface area (Å²) in [6.45, 7) is 87.5. The van der Waals surface area contributed by atoms with Crippen LogP contribution < -0.4 is 70.7 Å². The van der Waals surface area contributed by atoms with Crippen LogP contribution in [0.1, 0.15) is 416 Å². The Bertz CT molecular complexity index is 4200. The summed E-state index contributed by atoms with van der Waals surface area (Å²) in [6, 6.07) is 1.86. The summed E-state index contributed by atoms with van der Waals surface area (Å²) in [5, 5.41) is 26.3. The third-order valence-corrected chi connectivity index (χ3v) is 34.7. The zero-order valence-electron chi connectivity index (χ0n) is 100. The number of nitrogens with zero attached hydrogens (tertiary/aromatic N) is 22. The second kappa shape index (κ2) is 42.8. The maximum Gasteiger partial charge on any atom is 0.231 e. The molecule has 12 rings (SSSR count). The Hall–Kier alpha value is -5.25. The summed E-state index contributed by atoms with van der Waals surface area (Å²) in [7, 11) is 23.2. The predicted octanol–water partition coefficient (Wildman–Crippen LogP) is 19.9. The van der Waals surface area contributed by atoms with E-state index in [1.54, 1.807) is 7.11 Å². The number of aromatic nitrogens is 9. The fourth-order valence-electron chi connectivity index (χ4n) is 30.9. The average molecular weight is 2000 g/mol. The Morgan fingerprint density at radius 3 is 0.552 bits per heavy atom. The van der Waals surface area contributed by atoms with Gasteiger partial charge in [0.15, 0.2) is 0 Å². The largest absolute Gasteiger partial charge is 0.341 e. The van der Waals surface area contributed by atoms with Crippen LogP contribution in [0.5, 0.6) is 0 Å². The van der Waals surface area contributed by atoms with Crippen LogP contribution in [0.2, 0.25) is 0 Å². The highest BCUT2D eigenvalue weighted by Gasteiger charge is 2.54. The highest BCUT2D eigenvalue weighted by molar-refractivity contribution is 5.52. The molecule has 0 aromatic carbocycles. The van der Waals surface area contributed by atoms with Crippen molar-refractivity contribution in [2.75, 3.05) is 148 Å². The van der Waals surface area contributed by atoms with E-state index in [1.165, 1.54) is 0 Å². The van der Waals surface area contributed by atoms with Crippen molar-refractivity contribution in [1.29, 1.82) is 0 Å². The molecule has 0 unspecified atom stereocenters. The van der Waals surface area contributed by atoms with Crippen molar-refractivity contribution in [3.05, 3.63) is 0 Å². The first-order chi connectivity index (χ1) is 65.2. The highest BCUT2D eigenvalue weighted by atomic mass is 16.7. The number of anilines is 9. The van der Waals surface area contributed by atoms with Gasteiger partial charge in [-0.15, -0.1) is 0 Å². The minimum absolute atomic E-state index is 0.0186. The van der Waals surface area contributed by atoms with Crippen molar-refractivity contribution in [2.24, 2.45) is 11.8 Å². The molecule has 0 spiro atoms. The normalized spacial score (nSPS) is 25.9. The summed E-state index contributed by atoms with van der Waals surface area (Å²) in [5.74, 6) is 8.08. The lowest BCUT2D eigenvalue weighted by molar-refractivity contribution is -0.272. The van der Waals surface area contributed by atoms with Crippen LogP contribution in [-0.2, 0) is 14.5 Å². The van der Waals surface area contributed by atoms with Gasteiger partial charge in [-0.1, -0.05) is 12.8 Å². The number of piperidine rings is 9. The molecule has 0 aliphatic carbocycles. The molecule has 9 aliphatic rings. The van der Waals surface area contributed by atoms with E-state index < -0.39 is 0 Å². The van der Waals surface area contributed by atoms with Crippen LogP contribution in [0.15, 0.2) is 0 Å². The van der Waals surface area contributed by atoms with Gasteiger partial charge in [0.05, 0.1) is 21.3 Å². The Morgan fingerprint density at radius 1 is 0.217 bits per heavy atom. The molecular formula is C113H215N27O3. The van der Waals surface area contributed by atoms with Gasteiger partial charge in [0.2, 0.25) is 53.5 Å². The van der Waals surface area contributed by atoms with Gasteiger partial charge in [0, 0.05) is 218 Å². The van der Waals surface area contributed by atoms with Gasteiger partial charge in [-0.25, -0.2) is 0 Å². The minimum atomic E-state index is -0.140. The molecule has 3 aromatic heterocycles. The van der Waals surface area contributed by atoms with E-state index in [1.807, 2.05) is 14.2 Å². The number of likely N-dealkylation sites (tertiary alicyclic amines) is 1. The number of unbranched alkanes of at least 4 members (excludes halogenated alkanes) is 3. The summed E-state index contributed by atoms with van der Waals surface area (Å²) >= 11 is 0. The number of nitrogens with one attached hydrogen (secondary N) is 5. The molecule has 12 heterocycles. The maximum absolute atomic E-state index is 6.09. The predicted molar refractivity (Wildman–Crippen MR) is 600 cm³/mol. The summed E-state index contributed by atoms with van der Waals surface area (Å²) in [6.07, 6.45) is 26.9. The first-order valence-electron chi connectivity index (χ1n) is 55.8. The zero-order valence-corrected chi connectivity index (χ0v) is 100. The molecule has 5 N–H and O–H groups in total. The molecule has 3 aromatic rings. The Kier molecular flexibility index (Phi) is 35.3. The summed E-state index contributed by atoms with van der Waals surface area (Å²) in [4.78, 5) is 91.4. The van der Waals surface area contributed by atoms with Crippen LogP contribution in [-0.4, -0.2) is 311 Å². The van der Waals surface area contributed by atoms with Gasteiger partial charge >= 0.3 is 0 Å². The first-order valence-corrected chi connectivity index (χ1v) is 55.8. The summed E-state index contributed by atoms with van der Waals surface area (Å²) in [5.41, 5.74) is -0.733. The monoisotopic (exact) mass is 2000 g/mol. The lowest BCUT2D eigenvalue weighted by Gasteiger charge is -2.55. The van der Waals surface area contributed by atoms with Crippen LogP contribution in [0, 0.1) is 11.8 Å². The number of rotatable bonds is 34. The van der Waals surface area contributed by atoms with Gasteiger partial charge in [-0.05, 0) is 422 Å². The van der Waals surface area contributed by atoms with Gasteiger partial charge < -0.3 is 85.2 Å². The molecule has 9 fully saturated rings. The van der Waals surface area contributed by atoms with E-state index in [9.17, 15) is 0 Å². The van der Waals surface area contributed by atoms with Gasteiger partial charge in [0.1, 0.15) is 0 Å². The average Bonchev–Trinajstić information content (AvgIpc) is 0.728. The molecule has 0 atom stereocenters. The molecule has 0 amide bonds. The van der Waals surface area contributed by atoms with Gasteiger partial charge in [-0.2, -0.15) is 60.0 Å². The quantitative estimate of drug-likeness (QED) is 0.0349. The molecule has 9 saturated heterocycles. The smallest absolute Gasteiger partial charge is 0.231 e. The molecule has 143 heavy (non-hydrogen) atoms. The van der Waals surface area contributed by atoms with Crippen LogP contribution in [0.25, 0.3) is 0 Å². The van der Waals surface area contributed by atoms with E-state index in [2.05, 4.69) is 396 Å².